The number of esters is 1. The highest BCUT2D eigenvalue weighted by atomic mass is 32.1. The molecule has 0 aromatic carbocycles. The number of aromatic nitrogens is 3. The number of hydrogen-bond donors (Lipinski definition) is 1. The van der Waals surface area contributed by atoms with Crippen LogP contribution in [0.1, 0.15) is 23.2 Å². The smallest absolute Gasteiger partial charge is 0.360 e. The third-order valence-electron chi connectivity index (χ3n) is 2.16. The summed E-state index contributed by atoms with van der Waals surface area (Å²) in [5.41, 5.74) is 6.03. The van der Waals surface area contributed by atoms with E-state index in [4.69, 9.17) is 10.5 Å². The van der Waals surface area contributed by atoms with Gasteiger partial charge >= 0.3 is 5.97 Å². The molecule has 0 spiro atoms. The van der Waals surface area contributed by atoms with Crippen LogP contribution in [0.25, 0.3) is 5.13 Å². The van der Waals surface area contributed by atoms with Crippen LogP contribution in [-0.2, 0) is 4.74 Å². The quantitative estimate of drug-likeness (QED) is 0.835. The van der Waals surface area contributed by atoms with Crippen molar-refractivity contribution in [2.45, 2.75) is 13.8 Å². The van der Waals surface area contributed by atoms with Crippen molar-refractivity contribution >= 4 is 23.1 Å². The van der Waals surface area contributed by atoms with E-state index < -0.39 is 5.97 Å². The van der Waals surface area contributed by atoms with Crippen molar-refractivity contribution in [1.82, 2.24) is 14.5 Å². The maximum atomic E-state index is 11.6. The van der Waals surface area contributed by atoms with Gasteiger partial charge in [0.1, 0.15) is 11.6 Å². The molecule has 2 aromatic rings. The van der Waals surface area contributed by atoms with Gasteiger partial charge in [0.15, 0.2) is 10.8 Å². The summed E-state index contributed by atoms with van der Waals surface area (Å²) in [5.74, 6) is 0.361. The zero-order valence-electron chi connectivity index (χ0n) is 9.51. The van der Waals surface area contributed by atoms with Gasteiger partial charge in [-0.3, -0.25) is 4.57 Å². The molecule has 2 N–H and O–H groups in total. The normalized spacial score (nSPS) is 10.5. The molecule has 0 aliphatic carbocycles. The summed E-state index contributed by atoms with van der Waals surface area (Å²) in [4.78, 5) is 19.9. The first-order valence-corrected chi connectivity index (χ1v) is 5.95. The Bertz CT molecular complexity index is 533. The minimum Gasteiger partial charge on any atom is -0.461 e. The number of aryl methyl sites for hydroxylation is 1. The number of hydrogen-bond acceptors (Lipinski definition) is 6. The van der Waals surface area contributed by atoms with Gasteiger partial charge in [-0.25, -0.2) is 14.8 Å². The first-order chi connectivity index (χ1) is 8.15. The van der Waals surface area contributed by atoms with Crippen LogP contribution in [0, 0.1) is 6.92 Å². The van der Waals surface area contributed by atoms with Gasteiger partial charge in [0.05, 0.1) is 6.61 Å². The second-order valence-corrected chi connectivity index (χ2v) is 4.14. The Morgan fingerprint density at radius 1 is 1.65 bits per heavy atom. The lowest BCUT2D eigenvalue weighted by atomic mass is 10.4. The lowest BCUT2D eigenvalue weighted by molar-refractivity contribution is 0.0521. The Balaban J connectivity index is 2.46. The van der Waals surface area contributed by atoms with Crippen molar-refractivity contribution in [1.29, 1.82) is 0 Å². The lowest BCUT2D eigenvalue weighted by Gasteiger charge is -2.02. The van der Waals surface area contributed by atoms with E-state index in [1.165, 1.54) is 11.3 Å². The van der Waals surface area contributed by atoms with Crippen molar-refractivity contribution in [2.24, 2.45) is 0 Å². The Kier molecular flexibility index (Phi) is 3.10. The highest BCUT2D eigenvalue weighted by molar-refractivity contribution is 7.12. The predicted molar refractivity (Wildman–Crippen MR) is 64.3 cm³/mol. The number of rotatable bonds is 3. The van der Waals surface area contributed by atoms with E-state index in [-0.39, 0.29) is 11.5 Å². The van der Waals surface area contributed by atoms with Crippen LogP contribution in [0.3, 0.4) is 0 Å². The number of ether oxygens (including phenoxy) is 1. The first-order valence-electron chi connectivity index (χ1n) is 5.07. The van der Waals surface area contributed by atoms with Gasteiger partial charge < -0.3 is 10.5 Å². The van der Waals surface area contributed by atoms with Crippen molar-refractivity contribution in [2.75, 3.05) is 12.3 Å². The number of nitrogen functional groups attached to an aromatic ring is 1. The van der Waals surface area contributed by atoms with Gasteiger partial charge in [0, 0.05) is 11.6 Å². The van der Waals surface area contributed by atoms with Crippen LogP contribution in [-0.4, -0.2) is 27.1 Å². The number of imidazole rings is 1. The third kappa shape index (κ3) is 2.01. The third-order valence-corrected chi connectivity index (χ3v) is 2.92. The van der Waals surface area contributed by atoms with Crippen LogP contribution < -0.4 is 5.73 Å². The molecule has 2 aromatic heterocycles. The van der Waals surface area contributed by atoms with E-state index in [1.807, 2.05) is 5.38 Å². The minimum absolute atomic E-state index is 0.138. The number of anilines is 1. The molecule has 0 bridgehead atoms. The molecule has 2 heterocycles. The maximum absolute atomic E-state index is 11.6. The van der Waals surface area contributed by atoms with Crippen LogP contribution in [0.4, 0.5) is 5.82 Å². The molecule has 0 saturated heterocycles. The molecule has 7 heteroatoms. The molecule has 0 aliphatic rings. The van der Waals surface area contributed by atoms with Gasteiger partial charge in [0.25, 0.3) is 0 Å². The number of thiazole rings is 1. The summed E-state index contributed by atoms with van der Waals surface area (Å²) in [5, 5.41) is 2.51. The summed E-state index contributed by atoms with van der Waals surface area (Å²) >= 11 is 1.42. The van der Waals surface area contributed by atoms with E-state index in [2.05, 4.69) is 9.97 Å². The molecule has 0 radical (unpaired) electrons. The van der Waals surface area contributed by atoms with Gasteiger partial charge in [-0.2, -0.15) is 0 Å². The fourth-order valence-corrected chi connectivity index (χ4v) is 2.17. The van der Waals surface area contributed by atoms with Gasteiger partial charge in [-0.1, -0.05) is 0 Å². The molecule has 90 valence electrons. The predicted octanol–water partition coefficient (Wildman–Crippen LogP) is 1.40. The van der Waals surface area contributed by atoms with E-state index in [0.29, 0.717) is 17.6 Å². The Labute approximate surface area is 102 Å². The van der Waals surface area contributed by atoms with Crippen molar-refractivity contribution in [3.05, 3.63) is 23.1 Å². The minimum atomic E-state index is -0.511. The van der Waals surface area contributed by atoms with Gasteiger partial charge in [0.2, 0.25) is 0 Å². The molecule has 0 atom stereocenters. The standard InChI is InChI=1S/C10H12N4O2S/c1-3-16-9(15)7-8(11)14(6(2)13-7)10-12-4-5-17-10/h4-5H,3,11H2,1-2H3. The van der Waals surface area contributed by atoms with Crippen molar-refractivity contribution < 1.29 is 9.53 Å². The molecular formula is C10H12N4O2S. The Morgan fingerprint density at radius 2 is 2.41 bits per heavy atom. The fraction of sp³-hybridized carbons (Fsp3) is 0.300. The second-order valence-electron chi connectivity index (χ2n) is 3.26. The molecule has 6 nitrogen and oxygen atoms in total. The molecular weight excluding hydrogens is 240 g/mol. The van der Waals surface area contributed by atoms with Crippen LogP contribution in [0.15, 0.2) is 11.6 Å². The van der Waals surface area contributed by atoms with E-state index in [1.54, 1.807) is 24.6 Å². The SMILES string of the molecule is CCOC(=O)c1nc(C)n(-c2nccs2)c1N. The monoisotopic (exact) mass is 252 g/mol. The van der Waals surface area contributed by atoms with Crippen LogP contribution in [0.2, 0.25) is 0 Å². The summed E-state index contributed by atoms with van der Waals surface area (Å²) in [6, 6.07) is 0. The first kappa shape index (κ1) is 11.6. The summed E-state index contributed by atoms with van der Waals surface area (Å²) in [6.45, 7) is 3.79. The number of carbonyl (C=O) groups excluding carboxylic acids is 1. The zero-order valence-corrected chi connectivity index (χ0v) is 10.3. The molecule has 0 saturated carbocycles. The zero-order chi connectivity index (χ0) is 12.4. The van der Waals surface area contributed by atoms with Crippen molar-refractivity contribution in [3.63, 3.8) is 0 Å². The topological polar surface area (TPSA) is 83.0 Å². The van der Waals surface area contributed by atoms with Crippen molar-refractivity contribution in [3.8, 4) is 5.13 Å². The number of nitrogens with two attached hydrogens (primary N) is 1. The van der Waals surface area contributed by atoms with Gasteiger partial charge in [-0.05, 0) is 13.8 Å². The molecule has 0 unspecified atom stereocenters. The summed E-state index contributed by atoms with van der Waals surface area (Å²) < 4.78 is 6.52. The van der Waals surface area contributed by atoms with Gasteiger partial charge in [-0.15, -0.1) is 11.3 Å². The molecule has 2 rings (SSSR count). The average molecular weight is 252 g/mol. The molecule has 0 amide bonds. The molecule has 0 fully saturated rings. The lowest BCUT2D eigenvalue weighted by Crippen LogP contribution is -2.09. The Morgan fingerprint density at radius 3 is 3.00 bits per heavy atom. The second kappa shape index (κ2) is 4.54. The molecule has 0 aliphatic heterocycles. The maximum Gasteiger partial charge on any atom is 0.360 e. The number of nitrogens with zero attached hydrogens (tertiary/aromatic N) is 3. The summed E-state index contributed by atoms with van der Waals surface area (Å²) in [7, 11) is 0. The molecule has 17 heavy (non-hydrogen) atoms. The van der Waals surface area contributed by atoms with E-state index >= 15 is 0 Å². The largest absolute Gasteiger partial charge is 0.461 e. The average Bonchev–Trinajstić information content (AvgIpc) is 2.87. The highest BCUT2D eigenvalue weighted by Crippen LogP contribution is 2.22. The van der Waals surface area contributed by atoms with E-state index in [0.717, 1.165) is 0 Å². The Hall–Kier alpha value is -1.89. The van der Waals surface area contributed by atoms with Crippen LogP contribution in [0.5, 0.6) is 0 Å². The van der Waals surface area contributed by atoms with E-state index in [9.17, 15) is 4.79 Å². The van der Waals surface area contributed by atoms with Crippen LogP contribution >= 0.6 is 11.3 Å². The number of carbonyl (C=O) groups is 1. The highest BCUT2D eigenvalue weighted by Gasteiger charge is 2.21. The fourth-order valence-electron chi connectivity index (χ4n) is 1.47. The summed E-state index contributed by atoms with van der Waals surface area (Å²) in [6.07, 6.45) is 1.67.